The average molecular weight is 255 g/mol. The summed E-state index contributed by atoms with van der Waals surface area (Å²) in [7, 11) is 1.62. The molecule has 96 valence electrons. The number of carbonyl (C=O) groups is 1. The Balaban J connectivity index is 1.90. The van der Waals surface area contributed by atoms with E-state index < -0.39 is 6.23 Å². The number of rotatable bonds is 2. The lowest BCUT2D eigenvalue weighted by molar-refractivity contribution is 0.0756. The number of methoxy groups -OCH3 is 1. The Hall–Kier alpha value is -2.49. The van der Waals surface area contributed by atoms with Gasteiger partial charge in [0.2, 0.25) is 0 Å². The minimum atomic E-state index is -0.465. The van der Waals surface area contributed by atoms with Crippen molar-refractivity contribution in [3.05, 3.63) is 59.7 Å². The molecule has 3 rings (SSSR count). The molecule has 0 bridgehead atoms. The van der Waals surface area contributed by atoms with Gasteiger partial charge in [0.15, 0.2) is 6.23 Å². The predicted octanol–water partition coefficient (Wildman–Crippen LogP) is 2.52. The Labute approximate surface area is 111 Å². The molecule has 1 N–H and O–H groups in total. The first-order chi connectivity index (χ1) is 9.28. The summed E-state index contributed by atoms with van der Waals surface area (Å²) in [5.41, 5.74) is 1.44. The molecular weight excluding hydrogens is 242 g/mol. The molecule has 0 saturated heterocycles. The number of ether oxygens (including phenoxy) is 2. The summed E-state index contributed by atoms with van der Waals surface area (Å²) in [6.45, 7) is 0. The van der Waals surface area contributed by atoms with Gasteiger partial charge >= 0.3 is 0 Å². The second kappa shape index (κ2) is 4.65. The van der Waals surface area contributed by atoms with Crippen molar-refractivity contribution in [2.75, 3.05) is 7.11 Å². The second-order valence-electron chi connectivity index (χ2n) is 4.24. The number of hydrogen-bond donors (Lipinski definition) is 1. The Morgan fingerprint density at radius 2 is 1.84 bits per heavy atom. The van der Waals surface area contributed by atoms with Crippen LogP contribution in [0.1, 0.15) is 22.1 Å². The predicted molar refractivity (Wildman–Crippen MR) is 70.3 cm³/mol. The van der Waals surface area contributed by atoms with Crippen LogP contribution in [0.2, 0.25) is 0 Å². The van der Waals surface area contributed by atoms with Crippen molar-refractivity contribution in [1.29, 1.82) is 0 Å². The number of para-hydroxylation sites is 1. The summed E-state index contributed by atoms with van der Waals surface area (Å²) in [5.74, 6) is 1.25. The topological polar surface area (TPSA) is 47.6 Å². The second-order valence-corrected chi connectivity index (χ2v) is 4.24. The summed E-state index contributed by atoms with van der Waals surface area (Å²) in [4.78, 5) is 12.0. The van der Waals surface area contributed by atoms with Crippen LogP contribution in [0.3, 0.4) is 0 Å². The maximum Gasteiger partial charge on any atom is 0.258 e. The molecule has 0 unspecified atom stereocenters. The van der Waals surface area contributed by atoms with Gasteiger partial charge in [0.1, 0.15) is 11.5 Å². The molecule has 4 nitrogen and oxygen atoms in total. The van der Waals surface area contributed by atoms with Gasteiger partial charge in [-0.2, -0.15) is 0 Å². The van der Waals surface area contributed by atoms with E-state index in [-0.39, 0.29) is 5.91 Å². The van der Waals surface area contributed by atoms with Gasteiger partial charge in [0.25, 0.3) is 5.91 Å². The fraction of sp³-hybridized carbons (Fsp3) is 0.133. The van der Waals surface area contributed by atoms with Gasteiger partial charge in [-0.3, -0.25) is 4.79 Å². The molecule has 2 aromatic carbocycles. The van der Waals surface area contributed by atoms with Gasteiger partial charge < -0.3 is 14.8 Å². The van der Waals surface area contributed by atoms with Crippen LogP contribution >= 0.6 is 0 Å². The average Bonchev–Trinajstić information content (AvgIpc) is 2.47. The quantitative estimate of drug-likeness (QED) is 0.897. The highest BCUT2D eigenvalue weighted by Gasteiger charge is 2.25. The number of carbonyl (C=O) groups excluding carboxylic acids is 1. The van der Waals surface area contributed by atoms with Gasteiger partial charge in [-0.05, 0) is 36.4 Å². The van der Waals surface area contributed by atoms with Crippen molar-refractivity contribution >= 4 is 5.91 Å². The molecule has 0 saturated carbocycles. The molecule has 1 heterocycles. The van der Waals surface area contributed by atoms with E-state index in [2.05, 4.69) is 5.32 Å². The lowest BCUT2D eigenvalue weighted by Gasteiger charge is -2.26. The molecule has 1 atom stereocenters. The summed E-state index contributed by atoms with van der Waals surface area (Å²) in [6.07, 6.45) is -0.465. The first-order valence-electron chi connectivity index (χ1n) is 5.98. The Kier molecular flexibility index (Phi) is 2.83. The van der Waals surface area contributed by atoms with Crippen LogP contribution in [0.25, 0.3) is 0 Å². The molecule has 4 heteroatoms. The van der Waals surface area contributed by atoms with E-state index in [1.807, 2.05) is 36.4 Å². The molecule has 2 aromatic rings. The summed E-state index contributed by atoms with van der Waals surface area (Å²) in [6, 6.07) is 14.6. The smallest absolute Gasteiger partial charge is 0.258 e. The van der Waals surface area contributed by atoms with Crippen molar-refractivity contribution in [2.24, 2.45) is 0 Å². The molecule has 0 aliphatic carbocycles. The maximum absolute atomic E-state index is 12.0. The number of fused-ring (bicyclic) bond motifs is 1. The maximum atomic E-state index is 12.0. The number of hydrogen-bond acceptors (Lipinski definition) is 3. The molecule has 0 aromatic heterocycles. The van der Waals surface area contributed by atoms with Crippen molar-refractivity contribution in [3.8, 4) is 11.5 Å². The van der Waals surface area contributed by atoms with Crippen LogP contribution in [-0.2, 0) is 0 Å². The lowest BCUT2D eigenvalue weighted by Crippen LogP contribution is -2.36. The Morgan fingerprint density at radius 3 is 2.58 bits per heavy atom. The Bertz CT molecular complexity index is 607. The van der Waals surface area contributed by atoms with E-state index in [4.69, 9.17) is 9.47 Å². The SMILES string of the molecule is COc1ccc([C@H]2NC(=O)c3ccccc3O2)cc1. The van der Waals surface area contributed by atoms with Crippen molar-refractivity contribution in [2.45, 2.75) is 6.23 Å². The molecule has 0 fully saturated rings. The molecule has 19 heavy (non-hydrogen) atoms. The molecular formula is C15H13NO3. The molecule has 0 radical (unpaired) electrons. The van der Waals surface area contributed by atoms with Crippen molar-refractivity contribution in [1.82, 2.24) is 5.32 Å². The van der Waals surface area contributed by atoms with Gasteiger partial charge in [-0.15, -0.1) is 0 Å². The van der Waals surface area contributed by atoms with Gasteiger partial charge in [-0.1, -0.05) is 12.1 Å². The van der Waals surface area contributed by atoms with Crippen LogP contribution in [0.5, 0.6) is 11.5 Å². The van der Waals surface area contributed by atoms with Gasteiger partial charge in [0.05, 0.1) is 12.7 Å². The van der Waals surface area contributed by atoms with E-state index in [1.165, 1.54) is 0 Å². The first-order valence-corrected chi connectivity index (χ1v) is 5.98. The minimum absolute atomic E-state index is 0.123. The highest BCUT2D eigenvalue weighted by Crippen LogP contribution is 2.29. The van der Waals surface area contributed by atoms with E-state index in [9.17, 15) is 4.79 Å². The van der Waals surface area contributed by atoms with E-state index in [1.54, 1.807) is 19.2 Å². The first kappa shape index (κ1) is 11.6. The van der Waals surface area contributed by atoms with Crippen LogP contribution in [0.4, 0.5) is 0 Å². The van der Waals surface area contributed by atoms with Crippen molar-refractivity contribution < 1.29 is 14.3 Å². The third-order valence-electron chi connectivity index (χ3n) is 3.06. The summed E-state index contributed by atoms with van der Waals surface area (Å²) in [5, 5.41) is 2.82. The van der Waals surface area contributed by atoms with Gasteiger partial charge in [0, 0.05) is 5.56 Å². The highest BCUT2D eigenvalue weighted by molar-refractivity contribution is 5.97. The molecule has 1 aliphatic rings. The molecule has 1 aliphatic heterocycles. The summed E-state index contributed by atoms with van der Waals surface area (Å²) >= 11 is 0. The highest BCUT2D eigenvalue weighted by atomic mass is 16.5. The van der Waals surface area contributed by atoms with E-state index >= 15 is 0 Å². The van der Waals surface area contributed by atoms with E-state index in [0.717, 1.165) is 11.3 Å². The third-order valence-corrected chi connectivity index (χ3v) is 3.06. The Morgan fingerprint density at radius 1 is 1.11 bits per heavy atom. The largest absolute Gasteiger partial charge is 0.497 e. The standard InChI is InChI=1S/C15H13NO3/c1-18-11-8-6-10(7-9-11)15-16-14(17)12-4-2-3-5-13(12)19-15/h2-9,15H,1H3,(H,16,17)/t15-/m0/s1. The summed E-state index contributed by atoms with van der Waals surface area (Å²) < 4.78 is 10.9. The van der Waals surface area contributed by atoms with Crippen LogP contribution in [0.15, 0.2) is 48.5 Å². The number of benzene rings is 2. The van der Waals surface area contributed by atoms with Crippen molar-refractivity contribution in [3.63, 3.8) is 0 Å². The minimum Gasteiger partial charge on any atom is -0.497 e. The number of amides is 1. The van der Waals surface area contributed by atoms with Crippen LogP contribution in [0, 0.1) is 0 Å². The van der Waals surface area contributed by atoms with Crippen LogP contribution < -0.4 is 14.8 Å². The molecule has 1 amide bonds. The van der Waals surface area contributed by atoms with Crippen LogP contribution in [-0.4, -0.2) is 13.0 Å². The zero-order valence-corrected chi connectivity index (χ0v) is 10.4. The number of nitrogens with one attached hydrogen (secondary N) is 1. The lowest BCUT2D eigenvalue weighted by atomic mass is 10.1. The monoisotopic (exact) mass is 255 g/mol. The fourth-order valence-electron chi connectivity index (χ4n) is 2.04. The molecule has 0 spiro atoms. The van der Waals surface area contributed by atoms with E-state index in [0.29, 0.717) is 11.3 Å². The zero-order chi connectivity index (χ0) is 13.2. The zero-order valence-electron chi connectivity index (χ0n) is 10.4. The normalized spacial score (nSPS) is 17.1. The third kappa shape index (κ3) is 2.12. The fourth-order valence-corrected chi connectivity index (χ4v) is 2.04. The van der Waals surface area contributed by atoms with Gasteiger partial charge in [-0.25, -0.2) is 0 Å².